The molecule has 9 aromatic heterocycles. The smallest absolute Gasteiger partial charge is 0.222 e. The third-order valence-corrected chi connectivity index (χ3v) is 17.3. The summed E-state index contributed by atoms with van der Waals surface area (Å²) >= 11 is 0. The zero-order valence-corrected chi connectivity index (χ0v) is 51.6. The van der Waals surface area contributed by atoms with E-state index in [2.05, 4.69) is 99.2 Å². The fourth-order valence-corrected chi connectivity index (χ4v) is 11.9. The number of anilines is 3. The SMILES string of the molecule is CCC(=O)N1CCN(c2ccc(-c3cnc(CCc4ccco4)n4cnnc34)cc2)CC1.CCCC(=O)N1CCN(c2ccc(-c3cnc(CCc4ccco4)n4cnnc34)cc2)CC1.CS(=O)(=O)c1ccc(-c2cnc(NCc3ccco3)n3cnnc23)cc1. The molecule has 466 valence electrons. The molecule has 24 nitrogen and oxygen atoms in total. The number of fused-ring (bicyclic) bond motifs is 3. The number of carbonyl (C=O) groups is 2. The minimum Gasteiger partial charge on any atom is -0.469 e. The van der Waals surface area contributed by atoms with Gasteiger partial charge in [0.25, 0.3) is 0 Å². The Morgan fingerprint density at radius 3 is 1.34 bits per heavy atom. The third-order valence-electron chi connectivity index (χ3n) is 16.2. The maximum absolute atomic E-state index is 12.1. The topological polar surface area (TPSA) is 262 Å². The second kappa shape index (κ2) is 27.9. The highest BCUT2D eigenvalue weighted by atomic mass is 32.2. The summed E-state index contributed by atoms with van der Waals surface area (Å²) in [6.45, 7) is 11.0. The maximum Gasteiger partial charge on any atom is 0.222 e. The van der Waals surface area contributed by atoms with Crippen LogP contribution in [0.2, 0.25) is 0 Å². The van der Waals surface area contributed by atoms with Crippen LogP contribution in [0.15, 0.2) is 184 Å². The number of sulfone groups is 1. The van der Waals surface area contributed by atoms with Crippen molar-refractivity contribution < 1.29 is 31.3 Å². The molecule has 2 aliphatic rings. The number of hydrogen-bond acceptors (Lipinski definition) is 19. The van der Waals surface area contributed by atoms with Crippen LogP contribution >= 0.6 is 0 Å². The van der Waals surface area contributed by atoms with E-state index in [-0.39, 0.29) is 16.7 Å². The molecular formula is C66H69N17O7S. The number of nitrogens with one attached hydrogen (secondary N) is 1. The Morgan fingerprint density at radius 2 is 0.912 bits per heavy atom. The normalized spacial score (nSPS) is 13.5. The van der Waals surface area contributed by atoms with Gasteiger partial charge in [-0.1, -0.05) is 50.2 Å². The van der Waals surface area contributed by atoms with E-state index >= 15 is 0 Å². The zero-order valence-electron chi connectivity index (χ0n) is 50.8. The monoisotopic (exact) mass is 1240 g/mol. The minimum atomic E-state index is -3.24. The van der Waals surface area contributed by atoms with Gasteiger partial charge < -0.3 is 38.2 Å². The molecule has 0 aliphatic carbocycles. The Bertz CT molecular complexity index is 4460. The van der Waals surface area contributed by atoms with Crippen LogP contribution in [0.1, 0.15) is 62.0 Å². The summed E-state index contributed by atoms with van der Waals surface area (Å²) in [7, 11) is -3.24. The van der Waals surface area contributed by atoms with E-state index in [0.29, 0.717) is 31.0 Å². The van der Waals surface area contributed by atoms with Crippen molar-refractivity contribution >= 4 is 55.9 Å². The van der Waals surface area contributed by atoms with E-state index in [1.807, 2.05) is 81.2 Å². The minimum absolute atomic E-state index is 0.234. The highest BCUT2D eigenvalue weighted by Crippen LogP contribution is 2.30. The number of piperazine rings is 2. The molecule has 2 saturated heterocycles. The molecule has 1 N–H and O–H groups in total. The van der Waals surface area contributed by atoms with E-state index in [1.165, 1.54) is 11.9 Å². The number of amides is 2. The highest BCUT2D eigenvalue weighted by molar-refractivity contribution is 7.90. The van der Waals surface area contributed by atoms with Gasteiger partial charge in [0.1, 0.15) is 47.9 Å². The molecule has 0 saturated carbocycles. The summed E-state index contributed by atoms with van der Waals surface area (Å²) in [6, 6.07) is 35.0. The van der Waals surface area contributed by atoms with Crippen molar-refractivity contribution in [2.75, 3.05) is 73.7 Å². The van der Waals surface area contributed by atoms with Gasteiger partial charge in [-0.2, -0.15) is 0 Å². The molecule has 2 fully saturated rings. The zero-order chi connectivity index (χ0) is 62.7. The van der Waals surface area contributed by atoms with Gasteiger partial charge in [-0.25, -0.2) is 23.4 Å². The summed E-state index contributed by atoms with van der Waals surface area (Å²) in [5.41, 5.74) is 10.1. The first-order valence-corrected chi connectivity index (χ1v) is 32.3. The Kier molecular flexibility index (Phi) is 18.6. The van der Waals surface area contributed by atoms with Crippen LogP contribution in [0.25, 0.3) is 50.3 Å². The molecule has 12 aromatic rings. The fourth-order valence-electron chi connectivity index (χ4n) is 11.2. The van der Waals surface area contributed by atoms with Crippen molar-refractivity contribution in [3.8, 4) is 33.4 Å². The lowest BCUT2D eigenvalue weighted by molar-refractivity contribution is -0.132. The van der Waals surface area contributed by atoms with Gasteiger partial charge in [-0.05, 0) is 95.9 Å². The lowest BCUT2D eigenvalue weighted by Crippen LogP contribution is -2.48. The second-order valence-corrected chi connectivity index (χ2v) is 24.1. The van der Waals surface area contributed by atoms with Crippen molar-refractivity contribution in [3.05, 3.63) is 194 Å². The Labute approximate surface area is 525 Å². The van der Waals surface area contributed by atoms with Gasteiger partial charge in [0.05, 0.1) is 30.2 Å². The Balaban J connectivity index is 0.000000133. The fraction of sp³-hybridized carbons (Fsp3) is 0.288. The number of furan rings is 3. The number of hydrogen-bond donors (Lipinski definition) is 1. The molecule has 2 aliphatic heterocycles. The average Bonchev–Trinajstić information content (AvgIpc) is 1.90. The first-order valence-electron chi connectivity index (χ1n) is 30.4. The van der Waals surface area contributed by atoms with Crippen LogP contribution in [0.4, 0.5) is 17.3 Å². The van der Waals surface area contributed by atoms with Crippen molar-refractivity contribution in [2.45, 2.75) is 70.2 Å². The first kappa shape index (κ1) is 60.7. The van der Waals surface area contributed by atoms with Gasteiger partial charge in [0.15, 0.2) is 26.8 Å². The quantitative estimate of drug-likeness (QED) is 0.0839. The third kappa shape index (κ3) is 14.2. The van der Waals surface area contributed by atoms with Crippen molar-refractivity contribution in [3.63, 3.8) is 0 Å². The molecule has 14 rings (SSSR count). The van der Waals surface area contributed by atoms with E-state index < -0.39 is 9.84 Å². The molecule has 0 unspecified atom stereocenters. The predicted octanol–water partition coefficient (Wildman–Crippen LogP) is 9.25. The lowest BCUT2D eigenvalue weighted by Gasteiger charge is -2.36. The molecular weight excluding hydrogens is 1170 g/mol. The number of benzene rings is 3. The molecule has 0 radical (unpaired) electrons. The number of carbonyl (C=O) groups excluding carboxylic acids is 2. The van der Waals surface area contributed by atoms with E-state index in [0.717, 1.165) is 164 Å². The lowest BCUT2D eigenvalue weighted by atomic mass is 10.1. The van der Waals surface area contributed by atoms with Crippen LogP contribution < -0.4 is 15.1 Å². The molecule has 0 atom stereocenters. The number of nitrogens with zero attached hydrogens (tertiary/aromatic N) is 16. The van der Waals surface area contributed by atoms with Crippen LogP contribution in [-0.2, 0) is 51.7 Å². The average molecular weight is 1240 g/mol. The number of rotatable bonds is 18. The second-order valence-electron chi connectivity index (χ2n) is 22.1. The standard InChI is InChI=1S/C25H28N6O2.C24H26N6O2.C17H15N5O3S/c1-2-4-24(32)30-14-12-29(13-15-30)20-8-6-19(7-9-20)22-17-26-23(31-18-27-28-25(22)31)11-10-21-5-3-16-33-21;1-2-23(31)29-13-11-28(12-14-29)19-7-5-18(6-8-19)21-16-25-22(30-17-26-27-24(21)30)10-9-20-4-3-15-32-20;1-26(23,24)14-6-4-12(5-7-14)15-10-19-17(22-11-20-21-16(15)22)18-9-13-3-2-8-25-13/h3,5-9,16-18H,2,4,10-15H2,1H3;3-8,15-17H,2,9-14H2,1H3;2-8,10-11H,9H2,1H3,(H,18,19). The van der Waals surface area contributed by atoms with E-state index in [1.54, 1.807) is 72.6 Å². The van der Waals surface area contributed by atoms with Crippen LogP contribution in [-0.4, -0.2) is 147 Å². The van der Waals surface area contributed by atoms with Gasteiger partial charge in [0.2, 0.25) is 17.8 Å². The van der Waals surface area contributed by atoms with Crippen LogP contribution in [0.3, 0.4) is 0 Å². The summed E-state index contributed by atoms with van der Waals surface area (Å²) < 4.78 is 45.0. The Morgan fingerprint density at radius 1 is 0.495 bits per heavy atom. The number of aromatic nitrogens is 12. The van der Waals surface area contributed by atoms with Crippen LogP contribution in [0, 0.1) is 0 Å². The van der Waals surface area contributed by atoms with Crippen molar-refractivity contribution in [2.24, 2.45) is 0 Å². The van der Waals surface area contributed by atoms with Crippen molar-refractivity contribution in [1.29, 1.82) is 0 Å². The molecule has 3 aromatic carbocycles. The molecule has 2 amide bonds. The summed E-state index contributed by atoms with van der Waals surface area (Å²) in [5, 5.41) is 28.3. The van der Waals surface area contributed by atoms with Gasteiger partial charge in [-0.15, -0.1) is 30.6 Å². The van der Waals surface area contributed by atoms with E-state index in [9.17, 15) is 18.0 Å². The predicted molar refractivity (Wildman–Crippen MR) is 343 cm³/mol. The summed E-state index contributed by atoms with van der Waals surface area (Å²) in [5.74, 6) is 5.55. The van der Waals surface area contributed by atoms with Crippen LogP contribution in [0.5, 0.6) is 0 Å². The molecule has 91 heavy (non-hydrogen) atoms. The Hall–Kier alpha value is -10.6. The van der Waals surface area contributed by atoms with Gasteiger partial charge in [-0.3, -0.25) is 22.8 Å². The van der Waals surface area contributed by atoms with Crippen molar-refractivity contribution in [1.82, 2.24) is 68.5 Å². The maximum atomic E-state index is 12.1. The molecule has 11 heterocycles. The van der Waals surface area contributed by atoms with Gasteiger partial charge >= 0.3 is 0 Å². The van der Waals surface area contributed by atoms with E-state index in [4.69, 9.17) is 23.2 Å². The van der Waals surface area contributed by atoms with Gasteiger partial charge in [0, 0.05) is 144 Å². The first-order chi connectivity index (χ1) is 44.5. The molecule has 25 heteroatoms. The summed E-state index contributed by atoms with van der Waals surface area (Å²) in [4.78, 5) is 46.7. The highest BCUT2D eigenvalue weighted by Gasteiger charge is 2.23. The summed E-state index contributed by atoms with van der Waals surface area (Å²) in [6.07, 6.45) is 21.8. The molecule has 0 spiro atoms. The number of aryl methyl sites for hydroxylation is 4. The molecule has 0 bridgehead atoms. The largest absolute Gasteiger partial charge is 0.469 e.